The number of hydrogen-bond acceptors (Lipinski definition) is 6. The third-order valence-electron chi connectivity index (χ3n) is 6.37. The van der Waals surface area contributed by atoms with Crippen molar-refractivity contribution in [1.29, 1.82) is 0 Å². The summed E-state index contributed by atoms with van der Waals surface area (Å²) in [6, 6.07) is 12.9. The summed E-state index contributed by atoms with van der Waals surface area (Å²) in [5.41, 5.74) is 0.596. The maximum atomic E-state index is 13.5. The molecule has 2 aromatic rings. The summed E-state index contributed by atoms with van der Waals surface area (Å²) in [4.78, 5) is 32.6. The van der Waals surface area contributed by atoms with Gasteiger partial charge in [0.05, 0.1) is 32.1 Å². The van der Waals surface area contributed by atoms with Gasteiger partial charge >= 0.3 is 0 Å². The third kappa shape index (κ3) is 7.16. The Morgan fingerprint density at radius 2 is 1.82 bits per heavy atom. The number of hydrogen-bond donors (Lipinski definition) is 0. The van der Waals surface area contributed by atoms with Crippen molar-refractivity contribution in [3.05, 3.63) is 60.1 Å². The Balaban J connectivity index is 1.42. The third-order valence-corrected chi connectivity index (χ3v) is 6.37. The number of rotatable bonds is 11. The Morgan fingerprint density at radius 1 is 1.00 bits per heavy atom. The van der Waals surface area contributed by atoms with E-state index in [0.29, 0.717) is 25.2 Å². The monoisotopic (exact) mass is 469 g/mol. The minimum absolute atomic E-state index is 0.0264. The maximum Gasteiger partial charge on any atom is 0.254 e. The van der Waals surface area contributed by atoms with E-state index in [1.165, 1.54) is 0 Å². The van der Waals surface area contributed by atoms with Gasteiger partial charge in [0.25, 0.3) is 5.91 Å². The van der Waals surface area contributed by atoms with Crippen LogP contribution in [0.15, 0.2) is 53.1 Å². The second-order valence-electron chi connectivity index (χ2n) is 8.89. The number of ether oxygens (including phenoxy) is 2. The Labute approximate surface area is 201 Å². The lowest BCUT2D eigenvalue weighted by molar-refractivity contribution is -0.134. The van der Waals surface area contributed by atoms with Gasteiger partial charge in [0, 0.05) is 44.9 Å². The standard InChI is InChI=1S/C26H35N3O5/c30-25(29(19-23-9-4-15-33-23)20-24-10-5-16-34-24)21-28(26(31)22-7-2-1-3-8-22)12-6-11-27-13-17-32-18-14-27/h1-4,7-9,15,24H,5-6,10-14,16-21H2. The Morgan fingerprint density at radius 3 is 2.53 bits per heavy atom. The van der Waals surface area contributed by atoms with Gasteiger partial charge in [0.15, 0.2) is 0 Å². The molecular formula is C26H35N3O5. The van der Waals surface area contributed by atoms with Crippen LogP contribution < -0.4 is 0 Å². The van der Waals surface area contributed by atoms with Crippen LogP contribution in [0.2, 0.25) is 0 Å². The zero-order valence-electron chi connectivity index (χ0n) is 19.8. The topological polar surface area (TPSA) is 75.5 Å². The zero-order valence-corrected chi connectivity index (χ0v) is 19.8. The minimum Gasteiger partial charge on any atom is -0.467 e. The molecule has 2 saturated heterocycles. The van der Waals surface area contributed by atoms with Crippen LogP contribution in [0.3, 0.4) is 0 Å². The lowest BCUT2D eigenvalue weighted by atomic mass is 10.2. The van der Waals surface area contributed by atoms with E-state index >= 15 is 0 Å². The van der Waals surface area contributed by atoms with Crippen molar-refractivity contribution in [1.82, 2.24) is 14.7 Å². The summed E-state index contributed by atoms with van der Waals surface area (Å²) in [5, 5.41) is 0. The summed E-state index contributed by atoms with van der Waals surface area (Å²) >= 11 is 0. The van der Waals surface area contributed by atoms with Crippen LogP contribution in [-0.2, 0) is 20.8 Å². The van der Waals surface area contributed by atoms with Crippen molar-refractivity contribution in [3.8, 4) is 0 Å². The van der Waals surface area contributed by atoms with Gasteiger partial charge in [0.2, 0.25) is 5.91 Å². The smallest absolute Gasteiger partial charge is 0.254 e. The van der Waals surface area contributed by atoms with Gasteiger partial charge in [0.1, 0.15) is 12.3 Å². The molecule has 2 amide bonds. The molecule has 34 heavy (non-hydrogen) atoms. The number of nitrogens with zero attached hydrogens (tertiary/aromatic N) is 3. The first-order chi connectivity index (χ1) is 16.7. The van der Waals surface area contributed by atoms with Crippen molar-refractivity contribution in [3.63, 3.8) is 0 Å². The Bertz CT molecular complexity index is 877. The molecule has 1 atom stereocenters. The van der Waals surface area contributed by atoms with E-state index in [4.69, 9.17) is 13.9 Å². The first-order valence-corrected chi connectivity index (χ1v) is 12.3. The zero-order chi connectivity index (χ0) is 23.6. The summed E-state index contributed by atoms with van der Waals surface area (Å²) in [6.07, 6.45) is 4.39. The van der Waals surface area contributed by atoms with E-state index < -0.39 is 0 Å². The van der Waals surface area contributed by atoms with Crippen LogP contribution in [0.4, 0.5) is 0 Å². The maximum absolute atomic E-state index is 13.5. The van der Waals surface area contributed by atoms with Gasteiger partial charge in [-0.25, -0.2) is 0 Å². The molecule has 8 heteroatoms. The molecule has 0 saturated carbocycles. The first-order valence-electron chi connectivity index (χ1n) is 12.3. The molecule has 0 N–H and O–H groups in total. The summed E-state index contributed by atoms with van der Waals surface area (Å²) in [6.45, 7) is 6.33. The van der Waals surface area contributed by atoms with E-state index in [0.717, 1.165) is 64.5 Å². The van der Waals surface area contributed by atoms with E-state index in [-0.39, 0.29) is 24.5 Å². The number of morpholine rings is 1. The van der Waals surface area contributed by atoms with Crippen molar-refractivity contribution < 1.29 is 23.5 Å². The number of carbonyl (C=O) groups is 2. The SMILES string of the molecule is O=C(CN(CCCN1CCOCC1)C(=O)c1ccccc1)N(Cc1ccco1)CC1CCCO1. The molecule has 8 nitrogen and oxygen atoms in total. The molecule has 4 rings (SSSR count). The predicted molar refractivity (Wildman–Crippen MR) is 127 cm³/mol. The first kappa shape index (κ1) is 24.4. The van der Waals surface area contributed by atoms with Gasteiger partial charge in [-0.2, -0.15) is 0 Å². The number of carbonyl (C=O) groups excluding carboxylic acids is 2. The fraction of sp³-hybridized carbons (Fsp3) is 0.538. The van der Waals surface area contributed by atoms with E-state index in [1.807, 2.05) is 30.3 Å². The molecule has 2 aliphatic heterocycles. The lowest BCUT2D eigenvalue weighted by Crippen LogP contribution is -2.46. The van der Waals surface area contributed by atoms with Crippen molar-refractivity contribution in [2.45, 2.75) is 31.9 Å². The van der Waals surface area contributed by atoms with Crippen LogP contribution >= 0.6 is 0 Å². The summed E-state index contributed by atoms with van der Waals surface area (Å²) < 4.78 is 16.7. The molecule has 2 fully saturated rings. The van der Waals surface area contributed by atoms with Crippen molar-refractivity contribution in [2.24, 2.45) is 0 Å². The number of furan rings is 1. The van der Waals surface area contributed by atoms with Crippen LogP contribution in [0.5, 0.6) is 0 Å². The molecule has 2 aliphatic rings. The quantitative estimate of drug-likeness (QED) is 0.504. The van der Waals surface area contributed by atoms with E-state index in [9.17, 15) is 9.59 Å². The van der Waals surface area contributed by atoms with Crippen LogP contribution in [-0.4, -0.2) is 91.7 Å². The lowest BCUT2D eigenvalue weighted by Gasteiger charge is -2.30. The molecule has 3 heterocycles. The Hall–Kier alpha value is -2.68. The van der Waals surface area contributed by atoms with Gasteiger partial charge in [-0.05, 0) is 43.5 Å². The summed E-state index contributed by atoms with van der Waals surface area (Å²) in [7, 11) is 0. The molecule has 1 aromatic carbocycles. The molecule has 0 spiro atoms. The van der Waals surface area contributed by atoms with Crippen LogP contribution in [0, 0.1) is 0 Å². The highest BCUT2D eigenvalue weighted by Crippen LogP contribution is 2.16. The summed E-state index contributed by atoms with van der Waals surface area (Å²) in [5.74, 6) is 0.508. The molecule has 0 aliphatic carbocycles. The fourth-order valence-electron chi connectivity index (χ4n) is 4.47. The normalized spacial score (nSPS) is 18.6. The van der Waals surface area contributed by atoms with Crippen LogP contribution in [0.25, 0.3) is 0 Å². The van der Waals surface area contributed by atoms with Crippen molar-refractivity contribution in [2.75, 3.05) is 59.1 Å². The minimum atomic E-state index is -0.119. The largest absolute Gasteiger partial charge is 0.467 e. The average molecular weight is 470 g/mol. The molecule has 0 radical (unpaired) electrons. The van der Waals surface area contributed by atoms with Gasteiger partial charge < -0.3 is 23.7 Å². The highest BCUT2D eigenvalue weighted by Gasteiger charge is 2.27. The molecule has 184 valence electrons. The van der Waals surface area contributed by atoms with Gasteiger partial charge in [-0.1, -0.05) is 18.2 Å². The number of benzene rings is 1. The molecule has 1 unspecified atom stereocenters. The van der Waals surface area contributed by atoms with E-state index in [1.54, 1.807) is 28.2 Å². The molecule has 1 aromatic heterocycles. The second kappa shape index (κ2) is 12.7. The average Bonchev–Trinajstić information content (AvgIpc) is 3.58. The molecular weight excluding hydrogens is 434 g/mol. The van der Waals surface area contributed by atoms with Crippen LogP contribution in [0.1, 0.15) is 35.4 Å². The number of amides is 2. The van der Waals surface area contributed by atoms with Crippen molar-refractivity contribution >= 4 is 11.8 Å². The van der Waals surface area contributed by atoms with Gasteiger partial charge in [-0.3, -0.25) is 14.5 Å². The Kier molecular flexibility index (Phi) is 9.12. The predicted octanol–water partition coefficient (Wildman–Crippen LogP) is 2.65. The highest BCUT2D eigenvalue weighted by molar-refractivity contribution is 5.96. The fourth-order valence-corrected chi connectivity index (χ4v) is 4.47. The highest BCUT2D eigenvalue weighted by atomic mass is 16.5. The molecule has 0 bridgehead atoms. The second-order valence-corrected chi connectivity index (χ2v) is 8.89. The van der Waals surface area contributed by atoms with E-state index in [2.05, 4.69) is 4.90 Å². The van der Waals surface area contributed by atoms with Gasteiger partial charge in [-0.15, -0.1) is 0 Å².